The lowest BCUT2D eigenvalue weighted by molar-refractivity contribution is -0.0265. The Kier molecular flexibility index (Phi) is 3.58. The summed E-state index contributed by atoms with van der Waals surface area (Å²) in [6.45, 7) is 1.29. The number of aromatic amines is 1. The molecular weight excluding hydrogens is 262 g/mol. The zero-order valence-electron chi connectivity index (χ0n) is 9.67. The van der Waals surface area contributed by atoms with E-state index in [9.17, 15) is 9.59 Å². The van der Waals surface area contributed by atoms with Crippen molar-refractivity contribution in [1.29, 1.82) is 0 Å². The molecule has 0 radical (unpaired) electrons. The molecule has 0 saturated carbocycles. The number of aliphatic hydroxyl groups is 1. The lowest BCUT2D eigenvalue weighted by atomic mass is 10.1. The number of ether oxygens (including phenoxy) is 1. The van der Waals surface area contributed by atoms with Crippen LogP contribution >= 0.6 is 11.6 Å². The van der Waals surface area contributed by atoms with Crippen LogP contribution in [0, 0.1) is 6.92 Å². The quantitative estimate of drug-likeness (QED) is 0.579. The Morgan fingerprint density at radius 2 is 2.28 bits per heavy atom. The van der Waals surface area contributed by atoms with Crippen molar-refractivity contribution in [3.8, 4) is 0 Å². The van der Waals surface area contributed by atoms with Gasteiger partial charge in [-0.15, -0.1) is 11.6 Å². The summed E-state index contributed by atoms with van der Waals surface area (Å²) in [6, 6.07) is -0.583. The number of halogens is 1. The van der Waals surface area contributed by atoms with Crippen LogP contribution in [0.2, 0.25) is 0 Å². The first kappa shape index (κ1) is 13.3. The summed E-state index contributed by atoms with van der Waals surface area (Å²) in [7, 11) is 0. The number of aliphatic hydroxyl groups excluding tert-OH is 1. The molecule has 18 heavy (non-hydrogen) atoms. The molecule has 1 aliphatic rings. The molecule has 0 aliphatic carbocycles. The summed E-state index contributed by atoms with van der Waals surface area (Å²) in [5.41, 5.74) is 5.06. The van der Waals surface area contributed by atoms with E-state index in [1.807, 2.05) is 0 Å². The molecule has 0 amide bonds. The van der Waals surface area contributed by atoms with Gasteiger partial charge in [0.25, 0.3) is 5.56 Å². The summed E-state index contributed by atoms with van der Waals surface area (Å²) >= 11 is 6.09. The van der Waals surface area contributed by atoms with Gasteiger partial charge >= 0.3 is 5.69 Å². The highest BCUT2D eigenvalue weighted by Crippen LogP contribution is 2.31. The Morgan fingerprint density at radius 1 is 1.61 bits per heavy atom. The molecule has 0 bridgehead atoms. The van der Waals surface area contributed by atoms with E-state index in [0.29, 0.717) is 5.56 Å². The second kappa shape index (κ2) is 4.85. The van der Waals surface area contributed by atoms with Crippen molar-refractivity contribution in [2.75, 3.05) is 6.61 Å². The van der Waals surface area contributed by atoms with Gasteiger partial charge in [-0.3, -0.25) is 14.3 Å². The first-order valence-electron chi connectivity index (χ1n) is 5.43. The molecule has 7 nitrogen and oxygen atoms in total. The lowest BCUT2D eigenvalue weighted by Crippen LogP contribution is -2.40. The van der Waals surface area contributed by atoms with Gasteiger partial charge < -0.3 is 15.6 Å². The fourth-order valence-corrected chi connectivity index (χ4v) is 2.24. The highest BCUT2D eigenvalue weighted by atomic mass is 35.5. The van der Waals surface area contributed by atoms with Crippen molar-refractivity contribution < 1.29 is 9.84 Å². The molecule has 8 heteroatoms. The zero-order valence-corrected chi connectivity index (χ0v) is 10.4. The average Bonchev–Trinajstić information content (AvgIpc) is 2.61. The Labute approximate surface area is 107 Å². The van der Waals surface area contributed by atoms with Crippen molar-refractivity contribution in [3.05, 3.63) is 32.6 Å². The first-order chi connectivity index (χ1) is 8.45. The van der Waals surface area contributed by atoms with Gasteiger partial charge in [0, 0.05) is 11.8 Å². The monoisotopic (exact) mass is 275 g/mol. The van der Waals surface area contributed by atoms with Crippen LogP contribution < -0.4 is 17.0 Å². The number of alkyl halides is 1. The number of nitrogens with one attached hydrogen (secondary N) is 1. The highest BCUT2D eigenvalue weighted by Gasteiger charge is 2.42. The van der Waals surface area contributed by atoms with Crippen LogP contribution in [0.4, 0.5) is 0 Å². The fraction of sp³-hybridized carbons (Fsp3) is 0.600. The average molecular weight is 276 g/mol. The van der Waals surface area contributed by atoms with Crippen LogP contribution in [0.15, 0.2) is 15.8 Å². The fourth-order valence-electron chi connectivity index (χ4n) is 1.90. The van der Waals surface area contributed by atoms with Crippen LogP contribution in [-0.2, 0) is 4.74 Å². The van der Waals surface area contributed by atoms with Gasteiger partial charge in [-0.25, -0.2) is 4.79 Å². The molecule has 1 aromatic rings. The van der Waals surface area contributed by atoms with Crippen LogP contribution in [0.5, 0.6) is 0 Å². The summed E-state index contributed by atoms with van der Waals surface area (Å²) in [4.78, 5) is 25.1. The van der Waals surface area contributed by atoms with E-state index in [4.69, 9.17) is 27.2 Å². The molecule has 0 unspecified atom stereocenters. The number of rotatable bonds is 2. The third-order valence-electron chi connectivity index (χ3n) is 2.98. The molecule has 4 N–H and O–H groups in total. The Morgan fingerprint density at radius 3 is 2.83 bits per heavy atom. The number of hydrogen-bond acceptors (Lipinski definition) is 5. The largest absolute Gasteiger partial charge is 0.394 e. The van der Waals surface area contributed by atoms with Crippen molar-refractivity contribution in [1.82, 2.24) is 9.55 Å². The Balaban J connectivity index is 2.42. The second-order valence-electron chi connectivity index (χ2n) is 4.25. The SMILES string of the molecule is Cc1cn([C@@H]2O[C@H](CO)[C@@H](N)[C@H]2Cl)c(=O)[nH]c1=O. The van der Waals surface area contributed by atoms with Crippen LogP contribution in [-0.4, -0.2) is 38.8 Å². The summed E-state index contributed by atoms with van der Waals surface area (Å²) in [5.74, 6) is 0. The minimum absolute atomic E-state index is 0.280. The summed E-state index contributed by atoms with van der Waals surface area (Å²) in [6.07, 6.45) is -0.0632. The topological polar surface area (TPSA) is 110 Å². The summed E-state index contributed by atoms with van der Waals surface area (Å²) < 4.78 is 6.62. The number of nitrogens with two attached hydrogens (primary N) is 1. The molecule has 0 aromatic carbocycles. The number of aryl methyl sites for hydroxylation is 1. The number of H-pyrrole nitrogens is 1. The molecule has 100 valence electrons. The molecule has 2 heterocycles. The van der Waals surface area contributed by atoms with Gasteiger partial charge in [-0.2, -0.15) is 0 Å². The maximum absolute atomic E-state index is 11.7. The van der Waals surface area contributed by atoms with Crippen molar-refractivity contribution >= 4 is 11.6 Å². The molecule has 1 fully saturated rings. The van der Waals surface area contributed by atoms with Gasteiger partial charge in [0.1, 0.15) is 0 Å². The maximum Gasteiger partial charge on any atom is 0.330 e. The Bertz CT molecular complexity index is 555. The Hall–Kier alpha value is -1.15. The standard InChI is InChI=1S/C10H14ClN3O4/c1-4-2-14(10(17)13-8(4)16)9-6(11)7(12)5(3-15)18-9/h2,5-7,9,15H,3,12H2,1H3,(H,13,16,17)/t5-,6-,7-,9-/m1/s1. The van der Waals surface area contributed by atoms with Crippen molar-refractivity contribution in [2.24, 2.45) is 5.73 Å². The van der Waals surface area contributed by atoms with Gasteiger partial charge in [-0.1, -0.05) is 0 Å². The van der Waals surface area contributed by atoms with Gasteiger partial charge in [-0.05, 0) is 6.92 Å². The molecule has 1 saturated heterocycles. The van der Waals surface area contributed by atoms with E-state index in [0.717, 1.165) is 0 Å². The van der Waals surface area contributed by atoms with E-state index >= 15 is 0 Å². The van der Waals surface area contributed by atoms with Crippen molar-refractivity contribution in [3.63, 3.8) is 0 Å². The lowest BCUT2D eigenvalue weighted by Gasteiger charge is -2.17. The third-order valence-corrected chi connectivity index (χ3v) is 3.49. The zero-order chi connectivity index (χ0) is 13.4. The smallest absolute Gasteiger partial charge is 0.330 e. The summed E-state index contributed by atoms with van der Waals surface area (Å²) in [5, 5.41) is 8.42. The van der Waals surface area contributed by atoms with E-state index < -0.39 is 35.0 Å². The molecule has 2 rings (SSSR count). The van der Waals surface area contributed by atoms with Gasteiger partial charge in [0.2, 0.25) is 0 Å². The van der Waals surface area contributed by atoms with E-state index in [1.54, 1.807) is 6.92 Å². The van der Waals surface area contributed by atoms with Crippen LogP contribution in [0.3, 0.4) is 0 Å². The number of nitrogens with zero attached hydrogens (tertiary/aromatic N) is 1. The van der Waals surface area contributed by atoms with Gasteiger partial charge in [0.05, 0.1) is 24.1 Å². The molecule has 0 spiro atoms. The second-order valence-corrected chi connectivity index (χ2v) is 4.75. The first-order valence-corrected chi connectivity index (χ1v) is 5.87. The van der Waals surface area contributed by atoms with Crippen LogP contribution in [0.1, 0.15) is 11.8 Å². The van der Waals surface area contributed by atoms with Crippen molar-refractivity contribution in [2.45, 2.75) is 30.7 Å². The van der Waals surface area contributed by atoms with E-state index in [2.05, 4.69) is 4.98 Å². The van der Waals surface area contributed by atoms with Crippen LogP contribution in [0.25, 0.3) is 0 Å². The van der Waals surface area contributed by atoms with Gasteiger partial charge in [0.15, 0.2) is 6.23 Å². The predicted molar refractivity (Wildman–Crippen MR) is 64.7 cm³/mol. The third kappa shape index (κ3) is 2.10. The normalized spacial score (nSPS) is 31.8. The number of hydrogen-bond donors (Lipinski definition) is 3. The highest BCUT2D eigenvalue weighted by molar-refractivity contribution is 6.21. The minimum atomic E-state index is -0.804. The number of aromatic nitrogens is 2. The molecule has 4 atom stereocenters. The molecule has 1 aliphatic heterocycles. The van der Waals surface area contributed by atoms with E-state index in [1.165, 1.54) is 10.8 Å². The van der Waals surface area contributed by atoms with E-state index in [-0.39, 0.29) is 6.61 Å². The molecule has 1 aromatic heterocycles. The maximum atomic E-state index is 11.7. The predicted octanol–water partition coefficient (Wildman–Crippen LogP) is -1.33. The minimum Gasteiger partial charge on any atom is -0.394 e. The molecular formula is C10H14ClN3O4.